The molecule has 0 aliphatic rings. The van der Waals surface area contributed by atoms with E-state index in [0.717, 1.165) is 0 Å². The van der Waals surface area contributed by atoms with E-state index in [0.29, 0.717) is 31.8 Å². The van der Waals surface area contributed by atoms with Gasteiger partial charge in [-0.3, -0.25) is 4.79 Å². The first-order valence-electron chi connectivity index (χ1n) is 6.99. The Labute approximate surface area is 121 Å². The summed E-state index contributed by atoms with van der Waals surface area (Å²) in [6.45, 7) is 8.55. The molecule has 0 atom stereocenters. The highest BCUT2D eigenvalue weighted by Crippen LogP contribution is 2.22. The van der Waals surface area contributed by atoms with Crippen LogP contribution in [0.3, 0.4) is 0 Å². The summed E-state index contributed by atoms with van der Waals surface area (Å²) in [7, 11) is 1.63. The molecule has 1 amide bonds. The molecule has 0 saturated heterocycles. The average molecular weight is 278 g/mol. The van der Waals surface area contributed by atoms with Crippen LogP contribution in [0, 0.1) is 0 Å². The number of benzene rings is 1. The number of hydrogen-bond donors (Lipinski definition) is 1. The van der Waals surface area contributed by atoms with E-state index in [1.165, 1.54) is 5.56 Å². The van der Waals surface area contributed by atoms with E-state index in [1.807, 2.05) is 24.3 Å². The van der Waals surface area contributed by atoms with Gasteiger partial charge < -0.3 is 15.4 Å². The van der Waals surface area contributed by atoms with E-state index in [2.05, 4.69) is 20.8 Å². The number of ether oxygens (including phenoxy) is 1. The van der Waals surface area contributed by atoms with E-state index in [-0.39, 0.29) is 11.3 Å². The van der Waals surface area contributed by atoms with Gasteiger partial charge in [0.05, 0.1) is 6.61 Å². The topological polar surface area (TPSA) is 55.6 Å². The van der Waals surface area contributed by atoms with Gasteiger partial charge >= 0.3 is 0 Å². The highest BCUT2D eigenvalue weighted by Gasteiger charge is 2.17. The van der Waals surface area contributed by atoms with E-state index >= 15 is 0 Å². The SMILES string of the molecule is COCCN(CCN)C(=O)c1ccc(C(C)(C)C)cc1. The Morgan fingerprint density at radius 3 is 2.25 bits per heavy atom. The van der Waals surface area contributed by atoms with Crippen LogP contribution in [0.4, 0.5) is 0 Å². The van der Waals surface area contributed by atoms with Crippen molar-refractivity contribution in [3.05, 3.63) is 35.4 Å². The molecule has 1 rings (SSSR count). The molecule has 0 bridgehead atoms. The lowest BCUT2D eigenvalue weighted by atomic mass is 9.86. The van der Waals surface area contributed by atoms with Gasteiger partial charge in [-0.2, -0.15) is 0 Å². The molecular weight excluding hydrogens is 252 g/mol. The summed E-state index contributed by atoms with van der Waals surface area (Å²) in [6.07, 6.45) is 0. The molecule has 0 aromatic heterocycles. The lowest BCUT2D eigenvalue weighted by Crippen LogP contribution is -2.37. The van der Waals surface area contributed by atoms with Gasteiger partial charge in [-0.05, 0) is 23.1 Å². The first-order chi connectivity index (χ1) is 9.40. The standard InChI is InChI=1S/C16H26N2O2/c1-16(2,3)14-7-5-13(6-8-14)15(19)18(10-9-17)11-12-20-4/h5-8H,9-12,17H2,1-4H3. The Kier molecular flexibility index (Phi) is 6.17. The Balaban J connectivity index is 2.83. The number of amides is 1. The van der Waals surface area contributed by atoms with Crippen molar-refractivity contribution in [1.29, 1.82) is 0 Å². The van der Waals surface area contributed by atoms with Crippen LogP contribution in [0.2, 0.25) is 0 Å². The van der Waals surface area contributed by atoms with E-state index in [9.17, 15) is 4.79 Å². The first kappa shape index (κ1) is 16.7. The summed E-state index contributed by atoms with van der Waals surface area (Å²) in [5, 5.41) is 0. The number of rotatable bonds is 6. The van der Waals surface area contributed by atoms with Crippen molar-refractivity contribution in [2.75, 3.05) is 33.4 Å². The third kappa shape index (κ3) is 4.62. The summed E-state index contributed by atoms with van der Waals surface area (Å²) in [4.78, 5) is 14.1. The molecular formula is C16H26N2O2. The van der Waals surface area contributed by atoms with Gasteiger partial charge in [0.2, 0.25) is 0 Å². The molecule has 20 heavy (non-hydrogen) atoms. The molecule has 0 radical (unpaired) electrons. The second-order valence-electron chi connectivity index (χ2n) is 5.90. The van der Waals surface area contributed by atoms with Crippen molar-refractivity contribution >= 4 is 5.91 Å². The zero-order valence-corrected chi connectivity index (χ0v) is 13.0. The summed E-state index contributed by atoms with van der Waals surface area (Å²) < 4.78 is 5.03. The molecule has 1 aromatic rings. The predicted octanol–water partition coefficient (Wildman–Crippen LogP) is 2.03. The molecule has 0 saturated carbocycles. The second kappa shape index (κ2) is 7.41. The Hall–Kier alpha value is -1.39. The van der Waals surface area contributed by atoms with Crippen LogP contribution in [-0.2, 0) is 10.2 Å². The van der Waals surface area contributed by atoms with Crippen LogP contribution in [0.1, 0.15) is 36.7 Å². The third-order valence-electron chi connectivity index (χ3n) is 3.25. The van der Waals surface area contributed by atoms with Crippen molar-refractivity contribution in [2.45, 2.75) is 26.2 Å². The lowest BCUT2D eigenvalue weighted by Gasteiger charge is -2.23. The molecule has 0 unspecified atom stereocenters. The maximum Gasteiger partial charge on any atom is 0.253 e. The first-order valence-corrected chi connectivity index (χ1v) is 6.99. The van der Waals surface area contributed by atoms with Crippen LogP contribution < -0.4 is 5.73 Å². The summed E-state index contributed by atoms with van der Waals surface area (Å²) in [5.41, 5.74) is 7.57. The highest BCUT2D eigenvalue weighted by molar-refractivity contribution is 5.94. The van der Waals surface area contributed by atoms with Crippen molar-refractivity contribution in [2.24, 2.45) is 5.73 Å². The largest absolute Gasteiger partial charge is 0.383 e. The van der Waals surface area contributed by atoms with E-state index in [1.54, 1.807) is 12.0 Å². The van der Waals surface area contributed by atoms with Gasteiger partial charge in [0, 0.05) is 32.3 Å². The fourth-order valence-electron chi connectivity index (χ4n) is 1.97. The van der Waals surface area contributed by atoms with Gasteiger partial charge in [-0.1, -0.05) is 32.9 Å². The Bertz CT molecular complexity index is 421. The fraction of sp³-hybridized carbons (Fsp3) is 0.562. The highest BCUT2D eigenvalue weighted by atomic mass is 16.5. The maximum absolute atomic E-state index is 12.4. The number of carbonyl (C=O) groups is 1. The summed E-state index contributed by atoms with van der Waals surface area (Å²) in [6, 6.07) is 7.81. The minimum atomic E-state index is 0.00737. The number of nitrogens with zero attached hydrogens (tertiary/aromatic N) is 1. The normalized spacial score (nSPS) is 11.4. The van der Waals surface area contributed by atoms with Gasteiger partial charge in [-0.15, -0.1) is 0 Å². The predicted molar refractivity (Wildman–Crippen MR) is 82.0 cm³/mol. The smallest absolute Gasteiger partial charge is 0.253 e. The molecule has 0 aliphatic heterocycles. The van der Waals surface area contributed by atoms with Gasteiger partial charge in [0.25, 0.3) is 5.91 Å². The van der Waals surface area contributed by atoms with E-state index in [4.69, 9.17) is 10.5 Å². The molecule has 112 valence electrons. The summed E-state index contributed by atoms with van der Waals surface area (Å²) >= 11 is 0. The number of nitrogens with two attached hydrogens (primary N) is 1. The fourth-order valence-corrected chi connectivity index (χ4v) is 1.97. The van der Waals surface area contributed by atoms with Crippen molar-refractivity contribution in [3.63, 3.8) is 0 Å². The third-order valence-corrected chi connectivity index (χ3v) is 3.25. The molecule has 0 heterocycles. The minimum absolute atomic E-state index is 0.00737. The zero-order chi connectivity index (χ0) is 15.2. The van der Waals surface area contributed by atoms with Crippen LogP contribution in [0.5, 0.6) is 0 Å². The average Bonchev–Trinajstić information content (AvgIpc) is 2.42. The molecule has 4 heteroatoms. The molecule has 1 aromatic carbocycles. The Morgan fingerprint density at radius 1 is 1.20 bits per heavy atom. The number of carbonyl (C=O) groups excluding carboxylic acids is 1. The number of methoxy groups -OCH3 is 1. The molecule has 4 nitrogen and oxygen atoms in total. The van der Waals surface area contributed by atoms with Crippen LogP contribution in [0.15, 0.2) is 24.3 Å². The zero-order valence-electron chi connectivity index (χ0n) is 13.0. The molecule has 2 N–H and O–H groups in total. The van der Waals surface area contributed by atoms with Crippen LogP contribution in [0.25, 0.3) is 0 Å². The maximum atomic E-state index is 12.4. The van der Waals surface area contributed by atoms with Gasteiger partial charge in [-0.25, -0.2) is 0 Å². The van der Waals surface area contributed by atoms with Crippen LogP contribution >= 0.6 is 0 Å². The van der Waals surface area contributed by atoms with Crippen LogP contribution in [-0.4, -0.2) is 44.2 Å². The van der Waals surface area contributed by atoms with Gasteiger partial charge in [0.1, 0.15) is 0 Å². The molecule has 0 aliphatic carbocycles. The van der Waals surface area contributed by atoms with Gasteiger partial charge in [0.15, 0.2) is 0 Å². The second-order valence-corrected chi connectivity index (χ2v) is 5.90. The summed E-state index contributed by atoms with van der Waals surface area (Å²) in [5.74, 6) is 0.00737. The monoisotopic (exact) mass is 278 g/mol. The van der Waals surface area contributed by atoms with Crippen molar-refractivity contribution in [3.8, 4) is 0 Å². The Morgan fingerprint density at radius 2 is 1.80 bits per heavy atom. The number of hydrogen-bond acceptors (Lipinski definition) is 3. The quantitative estimate of drug-likeness (QED) is 0.866. The van der Waals surface area contributed by atoms with Crippen molar-refractivity contribution < 1.29 is 9.53 Å². The van der Waals surface area contributed by atoms with E-state index < -0.39 is 0 Å². The molecule has 0 fully saturated rings. The van der Waals surface area contributed by atoms with Crippen molar-refractivity contribution in [1.82, 2.24) is 4.90 Å². The molecule has 0 spiro atoms. The minimum Gasteiger partial charge on any atom is -0.383 e. The lowest BCUT2D eigenvalue weighted by molar-refractivity contribution is 0.0701.